The topological polar surface area (TPSA) is 73.3 Å². The van der Waals surface area contributed by atoms with Crippen LogP contribution in [0, 0.1) is 0 Å². The van der Waals surface area contributed by atoms with Crippen molar-refractivity contribution in [2.75, 3.05) is 24.3 Å². The SMILES string of the molecule is CN(C)c1nc(N[C@H]2CC[C@@H](NCc3cc(Cl)cc(Br)c3O)CC2)nc2ccccc12. The number of hydrogen-bond acceptors (Lipinski definition) is 6. The number of benzene rings is 2. The van der Waals surface area contributed by atoms with Crippen LogP contribution in [0.5, 0.6) is 5.75 Å². The van der Waals surface area contributed by atoms with E-state index in [1.807, 2.05) is 37.2 Å². The molecule has 6 nitrogen and oxygen atoms in total. The van der Waals surface area contributed by atoms with Crippen LogP contribution in [-0.2, 0) is 6.54 Å². The molecule has 0 amide bonds. The van der Waals surface area contributed by atoms with Crippen LogP contribution >= 0.6 is 27.5 Å². The number of halogens is 2. The van der Waals surface area contributed by atoms with Gasteiger partial charge in [-0.25, -0.2) is 4.98 Å². The van der Waals surface area contributed by atoms with Crippen molar-refractivity contribution in [3.8, 4) is 5.75 Å². The third-order valence-electron chi connectivity index (χ3n) is 5.76. The highest BCUT2D eigenvalue weighted by molar-refractivity contribution is 9.10. The molecular weight excluding hydrogens is 478 g/mol. The van der Waals surface area contributed by atoms with Gasteiger partial charge in [-0.1, -0.05) is 23.7 Å². The summed E-state index contributed by atoms with van der Waals surface area (Å²) < 4.78 is 0.622. The van der Waals surface area contributed by atoms with Gasteiger partial charge in [-0.2, -0.15) is 4.98 Å². The largest absolute Gasteiger partial charge is 0.506 e. The fraction of sp³-hybridized carbons (Fsp3) is 0.391. The number of phenolic OH excluding ortho intramolecular Hbond substituents is 1. The average molecular weight is 505 g/mol. The van der Waals surface area contributed by atoms with Gasteiger partial charge in [-0.05, 0) is 65.9 Å². The van der Waals surface area contributed by atoms with E-state index in [0.29, 0.717) is 34.1 Å². The fourth-order valence-corrected chi connectivity index (χ4v) is 4.97. The molecule has 164 valence electrons. The third kappa shape index (κ3) is 5.22. The van der Waals surface area contributed by atoms with Gasteiger partial charge in [0.1, 0.15) is 11.6 Å². The van der Waals surface area contributed by atoms with E-state index in [1.54, 1.807) is 12.1 Å². The molecule has 3 N–H and O–H groups in total. The molecule has 1 aliphatic carbocycles. The monoisotopic (exact) mass is 503 g/mol. The number of fused-ring (bicyclic) bond motifs is 1. The lowest BCUT2D eigenvalue weighted by molar-refractivity contribution is 0.349. The zero-order valence-corrected chi connectivity index (χ0v) is 20.0. The van der Waals surface area contributed by atoms with Crippen molar-refractivity contribution in [2.24, 2.45) is 0 Å². The van der Waals surface area contributed by atoms with E-state index >= 15 is 0 Å². The number of aromatic nitrogens is 2. The number of para-hydroxylation sites is 1. The summed E-state index contributed by atoms with van der Waals surface area (Å²) >= 11 is 9.46. The Morgan fingerprint density at radius 2 is 1.81 bits per heavy atom. The first-order chi connectivity index (χ1) is 14.9. The maximum Gasteiger partial charge on any atom is 0.225 e. The van der Waals surface area contributed by atoms with Crippen molar-refractivity contribution in [2.45, 2.75) is 44.3 Å². The Kier molecular flexibility index (Phi) is 6.84. The third-order valence-corrected chi connectivity index (χ3v) is 6.58. The van der Waals surface area contributed by atoms with Crippen LogP contribution in [0.3, 0.4) is 0 Å². The number of anilines is 2. The zero-order valence-electron chi connectivity index (χ0n) is 17.7. The minimum absolute atomic E-state index is 0.248. The number of nitrogens with zero attached hydrogens (tertiary/aromatic N) is 3. The second kappa shape index (κ2) is 9.59. The number of rotatable bonds is 6. The Balaban J connectivity index is 1.35. The summed E-state index contributed by atoms with van der Waals surface area (Å²) in [6.45, 7) is 0.591. The van der Waals surface area contributed by atoms with Crippen molar-refractivity contribution in [3.05, 3.63) is 51.5 Å². The van der Waals surface area contributed by atoms with Gasteiger partial charge in [-0.15, -0.1) is 0 Å². The van der Waals surface area contributed by atoms with Crippen molar-refractivity contribution in [1.29, 1.82) is 0 Å². The lowest BCUT2D eigenvalue weighted by atomic mass is 9.91. The van der Waals surface area contributed by atoms with Gasteiger partial charge in [0.25, 0.3) is 0 Å². The van der Waals surface area contributed by atoms with E-state index in [0.717, 1.165) is 48.0 Å². The predicted octanol–water partition coefficient (Wildman–Crippen LogP) is 5.33. The molecule has 0 atom stereocenters. The molecule has 0 unspecified atom stereocenters. The first kappa shape index (κ1) is 22.1. The molecule has 3 aromatic rings. The molecule has 1 aliphatic rings. The number of nitrogens with one attached hydrogen (secondary N) is 2. The normalized spacial score (nSPS) is 18.8. The molecule has 1 aromatic heterocycles. The highest BCUT2D eigenvalue weighted by Gasteiger charge is 2.22. The summed E-state index contributed by atoms with van der Waals surface area (Å²) in [5, 5.41) is 19.0. The van der Waals surface area contributed by atoms with Gasteiger partial charge < -0.3 is 20.6 Å². The molecule has 1 heterocycles. The second-order valence-corrected chi connectivity index (χ2v) is 9.54. The van der Waals surface area contributed by atoms with Crippen molar-refractivity contribution in [3.63, 3.8) is 0 Å². The number of hydrogen-bond donors (Lipinski definition) is 3. The Labute approximate surface area is 196 Å². The van der Waals surface area contributed by atoms with Crippen LogP contribution in [0.1, 0.15) is 31.2 Å². The van der Waals surface area contributed by atoms with Crippen LogP contribution in [0.25, 0.3) is 10.9 Å². The molecule has 31 heavy (non-hydrogen) atoms. The zero-order chi connectivity index (χ0) is 22.0. The Morgan fingerprint density at radius 3 is 2.55 bits per heavy atom. The molecule has 2 aromatic carbocycles. The lowest BCUT2D eigenvalue weighted by Gasteiger charge is -2.30. The van der Waals surface area contributed by atoms with Gasteiger partial charge in [-0.3, -0.25) is 0 Å². The molecule has 4 rings (SSSR count). The highest BCUT2D eigenvalue weighted by Crippen LogP contribution is 2.32. The minimum atomic E-state index is 0.248. The first-order valence-corrected chi connectivity index (χ1v) is 11.7. The summed E-state index contributed by atoms with van der Waals surface area (Å²) in [5.74, 6) is 1.86. The summed E-state index contributed by atoms with van der Waals surface area (Å²) in [4.78, 5) is 11.5. The summed E-state index contributed by atoms with van der Waals surface area (Å²) in [7, 11) is 4.01. The minimum Gasteiger partial charge on any atom is -0.506 e. The average Bonchev–Trinajstić information content (AvgIpc) is 2.75. The molecule has 0 aliphatic heterocycles. The Morgan fingerprint density at radius 1 is 1.10 bits per heavy atom. The van der Waals surface area contributed by atoms with Gasteiger partial charge in [0.2, 0.25) is 5.95 Å². The van der Waals surface area contributed by atoms with Crippen molar-refractivity contribution >= 4 is 50.2 Å². The molecule has 0 saturated heterocycles. The highest BCUT2D eigenvalue weighted by atomic mass is 79.9. The Hall–Kier alpha value is -2.09. The van der Waals surface area contributed by atoms with Crippen LogP contribution < -0.4 is 15.5 Å². The standard InChI is InChI=1S/C23H27BrClN5O/c1-30(2)22-18-5-3-4-6-20(18)28-23(29-22)27-17-9-7-16(8-10-17)26-13-14-11-15(25)12-19(24)21(14)31/h3-6,11-12,16-17,26,31H,7-10,13H2,1-2H3,(H,27,28,29)/t16-,17+. The maximum atomic E-state index is 10.2. The van der Waals surface area contributed by atoms with Crippen molar-refractivity contribution < 1.29 is 5.11 Å². The van der Waals surface area contributed by atoms with Crippen LogP contribution in [0.4, 0.5) is 11.8 Å². The van der Waals surface area contributed by atoms with E-state index in [4.69, 9.17) is 21.6 Å². The summed E-state index contributed by atoms with van der Waals surface area (Å²) in [6.07, 6.45) is 4.18. The van der Waals surface area contributed by atoms with Crippen molar-refractivity contribution in [1.82, 2.24) is 15.3 Å². The molecule has 8 heteroatoms. The van der Waals surface area contributed by atoms with Gasteiger partial charge in [0.15, 0.2) is 0 Å². The van der Waals surface area contributed by atoms with E-state index in [9.17, 15) is 5.11 Å². The van der Waals surface area contributed by atoms with E-state index in [-0.39, 0.29) is 5.75 Å². The predicted molar refractivity (Wildman–Crippen MR) is 131 cm³/mol. The number of aromatic hydroxyl groups is 1. The van der Waals surface area contributed by atoms with E-state index < -0.39 is 0 Å². The summed E-state index contributed by atoms with van der Waals surface area (Å²) in [6, 6.07) is 12.4. The maximum absolute atomic E-state index is 10.2. The first-order valence-electron chi connectivity index (χ1n) is 10.5. The molecule has 0 spiro atoms. The smallest absolute Gasteiger partial charge is 0.225 e. The quantitative estimate of drug-likeness (QED) is 0.421. The van der Waals surface area contributed by atoms with E-state index in [1.165, 1.54) is 0 Å². The molecule has 1 fully saturated rings. The molecule has 0 radical (unpaired) electrons. The summed E-state index contributed by atoms with van der Waals surface area (Å²) in [5.41, 5.74) is 1.76. The molecular formula is C23H27BrClN5O. The van der Waals surface area contributed by atoms with Gasteiger partial charge in [0, 0.05) is 48.7 Å². The molecule has 1 saturated carbocycles. The van der Waals surface area contributed by atoms with Crippen LogP contribution in [0.15, 0.2) is 40.9 Å². The second-order valence-electron chi connectivity index (χ2n) is 8.25. The van der Waals surface area contributed by atoms with Crippen LogP contribution in [0.2, 0.25) is 5.02 Å². The molecule has 0 bridgehead atoms. The van der Waals surface area contributed by atoms with E-state index in [2.05, 4.69) is 32.6 Å². The lowest BCUT2D eigenvalue weighted by Crippen LogP contribution is -2.37. The van der Waals surface area contributed by atoms with Gasteiger partial charge in [0.05, 0.1) is 9.99 Å². The van der Waals surface area contributed by atoms with Crippen LogP contribution in [-0.4, -0.2) is 41.3 Å². The fourth-order valence-electron chi connectivity index (χ4n) is 4.10. The number of phenols is 1. The Bertz CT molecular complexity index is 1070. The van der Waals surface area contributed by atoms with Gasteiger partial charge >= 0.3 is 0 Å².